The standard InChI is InChI=1S/C17H22N6O4/c1-13-16(17(24)18-6-3-7-21-8-10-27-11-9-21)19-20-22(13)14-4-2-5-15(12-14)23(25)26/h2,4-5,12H,3,6-11H2,1H3,(H,18,24). The van der Waals surface area contributed by atoms with Crippen molar-refractivity contribution in [3.63, 3.8) is 0 Å². The number of nitro groups is 1. The predicted molar refractivity (Wildman–Crippen MR) is 97.0 cm³/mol. The van der Waals surface area contributed by atoms with Crippen molar-refractivity contribution in [2.24, 2.45) is 0 Å². The van der Waals surface area contributed by atoms with Crippen LogP contribution in [0.1, 0.15) is 22.6 Å². The van der Waals surface area contributed by atoms with Gasteiger partial charge in [-0.25, -0.2) is 4.68 Å². The fourth-order valence-electron chi connectivity index (χ4n) is 2.94. The molecule has 0 atom stereocenters. The van der Waals surface area contributed by atoms with E-state index in [2.05, 4.69) is 20.5 Å². The van der Waals surface area contributed by atoms with Crippen LogP contribution in [0.15, 0.2) is 24.3 Å². The third-order valence-corrected chi connectivity index (χ3v) is 4.44. The van der Waals surface area contributed by atoms with E-state index in [0.717, 1.165) is 39.3 Å². The summed E-state index contributed by atoms with van der Waals surface area (Å²) in [6, 6.07) is 6.04. The van der Waals surface area contributed by atoms with E-state index in [9.17, 15) is 14.9 Å². The molecule has 0 saturated carbocycles. The number of hydrogen-bond acceptors (Lipinski definition) is 7. The van der Waals surface area contributed by atoms with Gasteiger partial charge in [-0.3, -0.25) is 19.8 Å². The minimum Gasteiger partial charge on any atom is -0.379 e. The van der Waals surface area contributed by atoms with E-state index >= 15 is 0 Å². The number of nitrogens with zero attached hydrogens (tertiary/aromatic N) is 5. The van der Waals surface area contributed by atoms with E-state index in [1.165, 1.54) is 16.8 Å². The Bertz CT molecular complexity index is 816. The van der Waals surface area contributed by atoms with E-state index < -0.39 is 4.92 Å². The molecular weight excluding hydrogens is 352 g/mol. The number of nitro benzene ring substituents is 1. The van der Waals surface area contributed by atoms with Crippen molar-refractivity contribution >= 4 is 11.6 Å². The molecule has 0 bridgehead atoms. The van der Waals surface area contributed by atoms with Crippen LogP contribution in [0.5, 0.6) is 0 Å². The van der Waals surface area contributed by atoms with Gasteiger partial charge >= 0.3 is 0 Å². The Kier molecular flexibility index (Phi) is 6.09. The van der Waals surface area contributed by atoms with Crippen molar-refractivity contribution in [2.45, 2.75) is 13.3 Å². The second-order valence-electron chi connectivity index (χ2n) is 6.28. The highest BCUT2D eigenvalue weighted by Gasteiger charge is 2.18. The first-order chi connectivity index (χ1) is 13.1. The Morgan fingerprint density at radius 2 is 2.15 bits per heavy atom. The number of carbonyl (C=O) groups excluding carboxylic acids is 1. The molecular formula is C17H22N6O4. The van der Waals surface area contributed by atoms with Crippen LogP contribution in [0.2, 0.25) is 0 Å². The molecule has 27 heavy (non-hydrogen) atoms. The summed E-state index contributed by atoms with van der Waals surface area (Å²) in [5, 5.41) is 21.7. The van der Waals surface area contributed by atoms with Crippen LogP contribution in [0.25, 0.3) is 5.69 Å². The second-order valence-corrected chi connectivity index (χ2v) is 6.28. The van der Waals surface area contributed by atoms with Gasteiger partial charge in [0.15, 0.2) is 5.69 Å². The number of rotatable bonds is 7. The van der Waals surface area contributed by atoms with E-state index in [0.29, 0.717) is 17.9 Å². The van der Waals surface area contributed by atoms with E-state index in [1.807, 2.05) is 0 Å². The molecule has 1 aliphatic rings. The van der Waals surface area contributed by atoms with Crippen LogP contribution in [0, 0.1) is 17.0 Å². The summed E-state index contributed by atoms with van der Waals surface area (Å²) in [6.45, 7) is 6.51. The van der Waals surface area contributed by atoms with Crippen LogP contribution in [-0.4, -0.2) is 70.1 Å². The summed E-state index contributed by atoms with van der Waals surface area (Å²) < 4.78 is 6.73. The molecule has 1 amide bonds. The maximum atomic E-state index is 12.4. The van der Waals surface area contributed by atoms with Crippen LogP contribution < -0.4 is 5.32 Å². The number of nitrogens with one attached hydrogen (secondary N) is 1. The van der Waals surface area contributed by atoms with Gasteiger partial charge < -0.3 is 10.1 Å². The van der Waals surface area contributed by atoms with Crippen LogP contribution in [0.4, 0.5) is 5.69 Å². The number of aromatic nitrogens is 3. The fourth-order valence-corrected chi connectivity index (χ4v) is 2.94. The Labute approximate surface area is 156 Å². The van der Waals surface area contributed by atoms with Gasteiger partial charge in [0.1, 0.15) is 0 Å². The number of hydrogen-bond donors (Lipinski definition) is 1. The van der Waals surface area contributed by atoms with E-state index in [1.54, 1.807) is 19.1 Å². The maximum absolute atomic E-state index is 12.4. The summed E-state index contributed by atoms with van der Waals surface area (Å²) in [5.74, 6) is -0.300. The molecule has 2 aromatic rings. The lowest BCUT2D eigenvalue weighted by Crippen LogP contribution is -2.38. The van der Waals surface area contributed by atoms with Crippen molar-refractivity contribution in [2.75, 3.05) is 39.4 Å². The molecule has 1 N–H and O–H groups in total. The van der Waals surface area contributed by atoms with Crippen LogP contribution >= 0.6 is 0 Å². The molecule has 0 unspecified atom stereocenters. The van der Waals surface area contributed by atoms with Gasteiger partial charge in [0, 0.05) is 31.8 Å². The van der Waals surface area contributed by atoms with Crippen LogP contribution in [0.3, 0.4) is 0 Å². The highest BCUT2D eigenvalue weighted by atomic mass is 16.6. The van der Waals surface area contributed by atoms with E-state index in [-0.39, 0.29) is 17.3 Å². The summed E-state index contributed by atoms with van der Waals surface area (Å²) >= 11 is 0. The molecule has 0 aliphatic carbocycles. The molecule has 1 fully saturated rings. The van der Waals surface area contributed by atoms with Gasteiger partial charge in [-0.15, -0.1) is 5.10 Å². The Hall–Kier alpha value is -2.85. The van der Waals surface area contributed by atoms with Gasteiger partial charge in [-0.2, -0.15) is 0 Å². The molecule has 10 heteroatoms. The number of carbonyl (C=O) groups is 1. The van der Waals surface area contributed by atoms with Crippen molar-refractivity contribution < 1.29 is 14.5 Å². The number of amides is 1. The molecule has 2 heterocycles. The smallest absolute Gasteiger partial charge is 0.273 e. The first-order valence-corrected chi connectivity index (χ1v) is 8.81. The zero-order valence-corrected chi connectivity index (χ0v) is 15.1. The molecule has 144 valence electrons. The van der Waals surface area contributed by atoms with E-state index in [4.69, 9.17) is 4.74 Å². The highest BCUT2D eigenvalue weighted by molar-refractivity contribution is 5.93. The monoisotopic (exact) mass is 374 g/mol. The zero-order valence-electron chi connectivity index (χ0n) is 15.1. The third-order valence-electron chi connectivity index (χ3n) is 4.44. The van der Waals surface area contributed by atoms with Gasteiger partial charge in [-0.1, -0.05) is 11.3 Å². The third kappa shape index (κ3) is 4.66. The second kappa shape index (κ2) is 8.69. The Morgan fingerprint density at radius 3 is 2.89 bits per heavy atom. The average molecular weight is 374 g/mol. The molecule has 10 nitrogen and oxygen atoms in total. The van der Waals surface area contributed by atoms with Crippen molar-refractivity contribution in [1.29, 1.82) is 0 Å². The molecule has 0 spiro atoms. The lowest BCUT2D eigenvalue weighted by atomic mass is 10.2. The van der Waals surface area contributed by atoms with Crippen molar-refractivity contribution in [3.05, 3.63) is 45.8 Å². The first kappa shape index (κ1) is 18.9. The summed E-state index contributed by atoms with van der Waals surface area (Å²) in [6.07, 6.45) is 0.837. The summed E-state index contributed by atoms with van der Waals surface area (Å²) in [4.78, 5) is 25.1. The summed E-state index contributed by atoms with van der Waals surface area (Å²) in [7, 11) is 0. The minimum atomic E-state index is -0.474. The average Bonchev–Trinajstić information content (AvgIpc) is 3.07. The predicted octanol–water partition coefficient (Wildman–Crippen LogP) is 0.936. The van der Waals surface area contributed by atoms with Crippen LogP contribution in [-0.2, 0) is 4.74 Å². The SMILES string of the molecule is Cc1c(C(=O)NCCCN2CCOCC2)nnn1-c1cccc([N+](=O)[O-])c1. The molecule has 1 saturated heterocycles. The Morgan fingerprint density at radius 1 is 1.37 bits per heavy atom. The quantitative estimate of drug-likeness (QED) is 0.435. The molecule has 1 aromatic carbocycles. The highest BCUT2D eigenvalue weighted by Crippen LogP contribution is 2.18. The largest absolute Gasteiger partial charge is 0.379 e. The van der Waals surface area contributed by atoms with Crippen molar-refractivity contribution in [3.8, 4) is 5.69 Å². The van der Waals surface area contributed by atoms with Gasteiger partial charge in [0.05, 0.1) is 29.5 Å². The molecule has 0 radical (unpaired) electrons. The number of morpholine rings is 1. The number of non-ortho nitro benzene ring substituents is 1. The lowest BCUT2D eigenvalue weighted by Gasteiger charge is -2.26. The van der Waals surface area contributed by atoms with Crippen molar-refractivity contribution in [1.82, 2.24) is 25.2 Å². The number of benzene rings is 1. The fraction of sp³-hybridized carbons (Fsp3) is 0.471. The topological polar surface area (TPSA) is 115 Å². The molecule has 3 rings (SSSR count). The van der Waals surface area contributed by atoms with Gasteiger partial charge in [-0.05, 0) is 26.0 Å². The molecule has 1 aliphatic heterocycles. The van der Waals surface area contributed by atoms with Gasteiger partial charge in [0.2, 0.25) is 0 Å². The van der Waals surface area contributed by atoms with Gasteiger partial charge in [0.25, 0.3) is 11.6 Å². The minimum absolute atomic E-state index is 0.0449. The number of ether oxygens (including phenoxy) is 1. The first-order valence-electron chi connectivity index (χ1n) is 8.81. The lowest BCUT2D eigenvalue weighted by molar-refractivity contribution is -0.384. The zero-order chi connectivity index (χ0) is 19.2. The maximum Gasteiger partial charge on any atom is 0.273 e. The molecule has 1 aromatic heterocycles. The normalized spacial score (nSPS) is 14.9. The Balaban J connectivity index is 1.58. The summed E-state index contributed by atoms with van der Waals surface area (Å²) in [5.41, 5.74) is 1.19.